The number of hydrogen-bond acceptors (Lipinski definition) is 5. The summed E-state index contributed by atoms with van der Waals surface area (Å²) in [5, 5.41) is 14.6. The fourth-order valence-corrected chi connectivity index (χ4v) is 3.69. The fraction of sp³-hybridized carbons (Fsp3) is 0.385. The molecule has 1 aromatic carbocycles. The molecule has 0 aliphatic carbocycles. The molecule has 0 bridgehead atoms. The Labute approximate surface area is 196 Å². The van der Waals surface area contributed by atoms with Crippen LogP contribution in [0.5, 0.6) is 5.75 Å². The third-order valence-electron chi connectivity index (χ3n) is 5.74. The van der Waals surface area contributed by atoms with Crippen LogP contribution >= 0.6 is 0 Å². The lowest BCUT2D eigenvalue weighted by atomic mass is 10.1. The molecule has 176 valence electrons. The average molecular weight is 451 g/mol. The van der Waals surface area contributed by atoms with Crippen molar-refractivity contribution in [2.24, 2.45) is 0 Å². The molecule has 33 heavy (non-hydrogen) atoms. The molecule has 4 N–H and O–H groups in total. The second-order valence-electron chi connectivity index (χ2n) is 8.43. The van der Waals surface area contributed by atoms with Gasteiger partial charge in [-0.05, 0) is 43.5 Å². The maximum absolute atomic E-state index is 9.57. The van der Waals surface area contributed by atoms with Gasteiger partial charge in [0.25, 0.3) is 0 Å². The van der Waals surface area contributed by atoms with Crippen LogP contribution in [0.2, 0.25) is 0 Å². The van der Waals surface area contributed by atoms with Gasteiger partial charge in [0.05, 0.1) is 24.8 Å². The number of nitrogens with zero attached hydrogens (tertiary/aromatic N) is 3. The van der Waals surface area contributed by atoms with Gasteiger partial charge in [-0.2, -0.15) is 10.2 Å². The Morgan fingerprint density at radius 2 is 2.03 bits per heavy atom. The number of quaternary nitrogens is 1. The van der Waals surface area contributed by atoms with Crippen molar-refractivity contribution in [3.63, 3.8) is 0 Å². The molecule has 2 heterocycles. The molecule has 0 fully saturated rings. The molecule has 0 saturated heterocycles. The van der Waals surface area contributed by atoms with Gasteiger partial charge in [0.2, 0.25) is 0 Å². The van der Waals surface area contributed by atoms with E-state index in [0.717, 1.165) is 53.7 Å². The molecule has 2 aromatic heterocycles. The Kier molecular flexibility index (Phi) is 8.63. The van der Waals surface area contributed by atoms with Crippen molar-refractivity contribution >= 4 is 11.6 Å². The molecular weight excluding hydrogens is 414 g/mol. The highest BCUT2D eigenvalue weighted by Crippen LogP contribution is 2.31. The molecular formula is C26H36N5O2+. The van der Waals surface area contributed by atoms with Crippen molar-refractivity contribution in [3.05, 3.63) is 66.1 Å². The lowest BCUT2D eigenvalue weighted by molar-refractivity contribution is -1.07. The predicted octanol–water partition coefficient (Wildman–Crippen LogP) is 4.30. The average Bonchev–Trinajstić information content (AvgIpc) is 3.28. The summed E-state index contributed by atoms with van der Waals surface area (Å²) in [7, 11) is 1.74. The number of pyridine rings is 1. The van der Waals surface area contributed by atoms with E-state index >= 15 is 0 Å². The maximum atomic E-state index is 9.57. The van der Waals surface area contributed by atoms with E-state index < -0.39 is 0 Å². The van der Waals surface area contributed by atoms with Gasteiger partial charge in [0.15, 0.2) is 0 Å². The molecule has 0 spiro atoms. The summed E-state index contributed by atoms with van der Waals surface area (Å²) in [5.41, 5.74) is 10.0. The second-order valence-corrected chi connectivity index (χ2v) is 8.43. The predicted molar refractivity (Wildman–Crippen MR) is 132 cm³/mol. The molecule has 0 amide bonds. The number of para-hydroxylation sites is 1. The molecule has 0 aliphatic rings. The molecule has 2 atom stereocenters. The normalized spacial score (nSPS) is 13.7. The summed E-state index contributed by atoms with van der Waals surface area (Å²) in [6, 6.07) is 10.2. The second kappa shape index (κ2) is 11.6. The number of benzene rings is 1. The lowest BCUT2D eigenvalue weighted by Crippen LogP contribution is -3.06. The topological polar surface area (TPSA) is 90.6 Å². The first-order valence-corrected chi connectivity index (χ1v) is 11.7. The monoisotopic (exact) mass is 450 g/mol. The molecule has 7 heteroatoms. The molecule has 2 unspecified atom stereocenters. The van der Waals surface area contributed by atoms with E-state index in [0.29, 0.717) is 23.2 Å². The van der Waals surface area contributed by atoms with Crippen molar-refractivity contribution in [2.75, 3.05) is 19.3 Å². The highest BCUT2D eigenvalue weighted by molar-refractivity contribution is 5.75. The zero-order chi connectivity index (χ0) is 23.8. The standard InChI is InChI=1S/C26H35N5O2/c1-5-7-11-25(33-24-12-9-8-10-19(24)3)23-15-20(16-28-26(23)27)21-17-29-31(18-21)22(6-2)13-14-30(4)32/h8-12,15-18,22,32H,5-7,13-14H2,1-4H3,(H2,27,28)/p+1/b25-11+. The van der Waals surface area contributed by atoms with Gasteiger partial charge in [-0.3, -0.25) is 4.68 Å². The Morgan fingerprint density at radius 3 is 2.73 bits per heavy atom. The van der Waals surface area contributed by atoms with E-state index in [2.05, 4.69) is 30.0 Å². The van der Waals surface area contributed by atoms with Crippen molar-refractivity contribution < 1.29 is 15.0 Å². The van der Waals surface area contributed by atoms with E-state index in [-0.39, 0.29) is 6.04 Å². The molecule has 7 nitrogen and oxygen atoms in total. The van der Waals surface area contributed by atoms with Gasteiger partial charge in [-0.15, -0.1) is 0 Å². The number of hydrogen-bond donors (Lipinski definition) is 3. The SMILES string of the molecule is CCC/C=C(/Oc1ccccc1C)c1cc(-c2cnn(C(CC)CC[NH+](C)O)c2)cnc1N. The van der Waals surface area contributed by atoms with Crippen molar-refractivity contribution in [1.29, 1.82) is 0 Å². The number of hydroxylamine groups is 2. The zero-order valence-electron chi connectivity index (χ0n) is 20.1. The van der Waals surface area contributed by atoms with Crippen LogP contribution in [0.4, 0.5) is 5.82 Å². The quantitative estimate of drug-likeness (QED) is 0.299. The van der Waals surface area contributed by atoms with Crippen LogP contribution in [0.1, 0.15) is 56.7 Å². The molecule has 3 rings (SSSR count). The highest BCUT2D eigenvalue weighted by Gasteiger charge is 2.16. The summed E-state index contributed by atoms with van der Waals surface area (Å²) in [5.74, 6) is 1.95. The summed E-state index contributed by atoms with van der Waals surface area (Å²) in [4.78, 5) is 4.47. The highest BCUT2D eigenvalue weighted by atomic mass is 16.5. The number of allylic oxidation sites excluding steroid dienone is 1. The van der Waals surface area contributed by atoms with Crippen LogP contribution in [-0.2, 0) is 0 Å². The number of anilines is 1. The lowest BCUT2D eigenvalue weighted by Gasteiger charge is -2.16. The minimum Gasteiger partial charge on any atom is -0.457 e. The molecule has 0 saturated carbocycles. The third kappa shape index (κ3) is 6.43. The smallest absolute Gasteiger partial charge is 0.134 e. The van der Waals surface area contributed by atoms with Crippen molar-refractivity contribution in [3.8, 4) is 16.9 Å². The Morgan fingerprint density at radius 1 is 1.24 bits per heavy atom. The van der Waals surface area contributed by atoms with E-state index in [9.17, 15) is 5.21 Å². The Bertz CT molecular complexity index is 1070. The molecule has 0 aliphatic heterocycles. The fourth-order valence-electron chi connectivity index (χ4n) is 3.69. The number of nitrogen functional groups attached to an aromatic ring is 1. The number of nitrogens with one attached hydrogen (secondary N) is 1. The number of rotatable bonds is 11. The summed E-state index contributed by atoms with van der Waals surface area (Å²) in [6.45, 7) is 6.96. The maximum Gasteiger partial charge on any atom is 0.134 e. The van der Waals surface area contributed by atoms with Crippen molar-refractivity contribution in [1.82, 2.24) is 14.8 Å². The number of ether oxygens (including phenoxy) is 1. The summed E-state index contributed by atoms with van der Waals surface area (Å²) in [6.07, 6.45) is 11.4. The van der Waals surface area contributed by atoms with Gasteiger partial charge in [0, 0.05) is 29.9 Å². The minimum absolute atomic E-state index is 0.228. The minimum atomic E-state index is 0.228. The number of aromatic nitrogens is 3. The van der Waals surface area contributed by atoms with E-state index in [1.54, 1.807) is 13.2 Å². The van der Waals surface area contributed by atoms with Crippen LogP contribution in [0.25, 0.3) is 16.9 Å². The number of nitrogens with two attached hydrogens (primary N) is 1. The van der Waals surface area contributed by atoms with E-state index in [1.807, 2.05) is 54.3 Å². The summed E-state index contributed by atoms with van der Waals surface area (Å²) >= 11 is 0. The molecule has 3 aromatic rings. The van der Waals surface area contributed by atoms with E-state index in [4.69, 9.17) is 10.5 Å². The molecule has 0 radical (unpaired) electrons. The van der Waals surface area contributed by atoms with Crippen LogP contribution in [0.3, 0.4) is 0 Å². The van der Waals surface area contributed by atoms with Crippen LogP contribution in [-0.4, -0.2) is 33.6 Å². The van der Waals surface area contributed by atoms with Gasteiger partial charge in [-0.1, -0.05) is 38.5 Å². The first-order valence-electron chi connectivity index (χ1n) is 11.7. The van der Waals surface area contributed by atoms with Crippen LogP contribution in [0, 0.1) is 6.92 Å². The third-order valence-corrected chi connectivity index (χ3v) is 5.74. The Hall–Kier alpha value is -3.16. The largest absolute Gasteiger partial charge is 0.457 e. The van der Waals surface area contributed by atoms with Gasteiger partial charge < -0.3 is 10.5 Å². The first kappa shape index (κ1) is 24.5. The van der Waals surface area contributed by atoms with Gasteiger partial charge in [-0.25, -0.2) is 10.2 Å². The van der Waals surface area contributed by atoms with E-state index in [1.165, 1.54) is 0 Å². The Balaban J connectivity index is 1.92. The van der Waals surface area contributed by atoms with Gasteiger partial charge in [0.1, 0.15) is 23.9 Å². The van der Waals surface area contributed by atoms with Gasteiger partial charge >= 0.3 is 0 Å². The summed E-state index contributed by atoms with van der Waals surface area (Å²) < 4.78 is 8.29. The number of unbranched alkanes of at least 4 members (excludes halogenated alkanes) is 1. The van der Waals surface area contributed by atoms with Crippen molar-refractivity contribution in [2.45, 2.75) is 52.5 Å². The number of aryl methyl sites for hydroxylation is 1. The van der Waals surface area contributed by atoms with Crippen LogP contribution < -0.4 is 15.5 Å². The van der Waals surface area contributed by atoms with Crippen LogP contribution in [0.15, 0.2) is 55.0 Å². The first-order chi connectivity index (χ1) is 15.9. The zero-order valence-corrected chi connectivity index (χ0v) is 20.1.